The van der Waals surface area contributed by atoms with E-state index in [0.717, 1.165) is 0 Å². The summed E-state index contributed by atoms with van der Waals surface area (Å²) < 4.78 is 75.1. The fraction of sp³-hybridized carbons (Fsp3) is 0.583. The summed E-state index contributed by atoms with van der Waals surface area (Å²) in [6.07, 6.45) is -1.02. The number of nitrogens with one attached hydrogen (secondary N) is 1. The number of rotatable bonds is 6. The molecule has 4 rings (SSSR count). The highest BCUT2D eigenvalue weighted by Gasteiger charge is 2.40. The lowest BCUT2D eigenvalue weighted by atomic mass is 9.83. The lowest BCUT2D eigenvalue weighted by Gasteiger charge is -2.28. The molecule has 1 N–H and O–H groups in total. The standard InChI is InChI=1S/C24H28F5N3O3/c1-15-12-17(2-3-21(33)31-35-18-6-10-34-11-7-18)14-20-30-22(24(27,28)29)19(32(15)20)13-16-4-8-23(25,26)9-5-16/h2-3,12,14,16,18H,4-11,13H2,1H3,(H,31,33). The topological polar surface area (TPSA) is 64.9 Å². The molecule has 1 saturated heterocycles. The van der Waals surface area contributed by atoms with Crippen molar-refractivity contribution in [2.24, 2.45) is 5.92 Å². The third-order valence-electron chi connectivity index (χ3n) is 6.53. The Kier molecular flexibility index (Phi) is 7.46. The maximum atomic E-state index is 13.8. The molecule has 0 radical (unpaired) electrons. The number of carbonyl (C=O) groups is 1. The summed E-state index contributed by atoms with van der Waals surface area (Å²) >= 11 is 0. The Morgan fingerprint density at radius 2 is 1.91 bits per heavy atom. The summed E-state index contributed by atoms with van der Waals surface area (Å²) in [6, 6.07) is 3.11. The normalized spacial score (nSPS) is 20.1. The Morgan fingerprint density at radius 3 is 2.57 bits per heavy atom. The Morgan fingerprint density at radius 1 is 1.23 bits per heavy atom. The Balaban J connectivity index is 1.52. The Hall–Kier alpha value is -2.53. The molecule has 0 unspecified atom stereocenters. The van der Waals surface area contributed by atoms with Gasteiger partial charge in [0.15, 0.2) is 5.69 Å². The molecule has 2 fully saturated rings. The number of nitrogens with zero attached hydrogens (tertiary/aromatic N) is 2. The van der Waals surface area contributed by atoms with E-state index >= 15 is 0 Å². The number of hydrogen-bond donors (Lipinski definition) is 1. The van der Waals surface area contributed by atoms with Gasteiger partial charge in [-0.15, -0.1) is 0 Å². The van der Waals surface area contributed by atoms with E-state index in [1.165, 1.54) is 22.6 Å². The largest absolute Gasteiger partial charge is 0.435 e. The molecule has 1 amide bonds. The number of aryl methyl sites for hydroxylation is 1. The molecule has 35 heavy (non-hydrogen) atoms. The third-order valence-corrected chi connectivity index (χ3v) is 6.53. The van der Waals surface area contributed by atoms with Crippen molar-refractivity contribution >= 4 is 17.6 Å². The van der Waals surface area contributed by atoms with Crippen LogP contribution in [-0.4, -0.2) is 40.5 Å². The maximum absolute atomic E-state index is 13.8. The summed E-state index contributed by atoms with van der Waals surface area (Å²) in [4.78, 5) is 21.3. The van der Waals surface area contributed by atoms with Gasteiger partial charge in [-0.25, -0.2) is 19.2 Å². The van der Waals surface area contributed by atoms with Gasteiger partial charge in [0.1, 0.15) is 5.65 Å². The monoisotopic (exact) mass is 501 g/mol. The minimum absolute atomic E-state index is 0.0154. The van der Waals surface area contributed by atoms with Crippen molar-refractivity contribution in [3.63, 3.8) is 0 Å². The van der Waals surface area contributed by atoms with E-state index in [-0.39, 0.29) is 55.5 Å². The minimum atomic E-state index is -4.68. The van der Waals surface area contributed by atoms with E-state index in [1.807, 2.05) is 0 Å². The first-order chi connectivity index (χ1) is 16.5. The van der Waals surface area contributed by atoms with Crippen molar-refractivity contribution < 1.29 is 36.3 Å². The number of hydroxylamine groups is 1. The van der Waals surface area contributed by atoms with Crippen LogP contribution in [0, 0.1) is 12.8 Å². The number of carbonyl (C=O) groups excluding carboxylic acids is 1. The summed E-state index contributed by atoms with van der Waals surface area (Å²) in [5, 5.41) is 0. The first-order valence-electron chi connectivity index (χ1n) is 11.7. The second-order valence-corrected chi connectivity index (χ2v) is 9.26. The van der Waals surface area contributed by atoms with Crippen LogP contribution in [0.5, 0.6) is 0 Å². The van der Waals surface area contributed by atoms with Crippen LogP contribution in [0.3, 0.4) is 0 Å². The van der Waals surface area contributed by atoms with Gasteiger partial charge in [0.05, 0.1) is 11.8 Å². The quantitative estimate of drug-likeness (QED) is 0.333. The molecule has 1 aliphatic heterocycles. The molecule has 2 aromatic heterocycles. The highest BCUT2D eigenvalue weighted by molar-refractivity contribution is 5.91. The van der Waals surface area contributed by atoms with Crippen molar-refractivity contribution in [1.82, 2.24) is 14.9 Å². The fourth-order valence-corrected chi connectivity index (χ4v) is 4.69. The second kappa shape index (κ2) is 10.2. The van der Waals surface area contributed by atoms with Gasteiger partial charge in [0.2, 0.25) is 5.92 Å². The minimum Gasteiger partial charge on any atom is -0.381 e. The molecule has 0 bridgehead atoms. The number of hydrogen-bond acceptors (Lipinski definition) is 4. The summed E-state index contributed by atoms with van der Waals surface area (Å²) in [5.74, 6) is -3.51. The first kappa shape index (κ1) is 25.6. The van der Waals surface area contributed by atoms with Crippen LogP contribution < -0.4 is 5.48 Å². The molecule has 11 heteroatoms. The van der Waals surface area contributed by atoms with Crippen LogP contribution in [0.15, 0.2) is 18.2 Å². The summed E-state index contributed by atoms with van der Waals surface area (Å²) in [7, 11) is 0. The SMILES string of the molecule is Cc1cc(C=CC(=O)NOC2CCOCC2)cc2nc(C(F)(F)F)c(CC3CCC(F)(F)CC3)n12. The number of ether oxygens (including phenoxy) is 1. The maximum Gasteiger partial charge on any atom is 0.435 e. The van der Waals surface area contributed by atoms with E-state index in [0.29, 0.717) is 37.3 Å². The van der Waals surface area contributed by atoms with Crippen LogP contribution in [0.1, 0.15) is 61.2 Å². The van der Waals surface area contributed by atoms with Gasteiger partial charge in [-0.2, -0.15) is 13.2 Å². The number of alkyl halides is 5. The summed E-state index contributed by atoms with van der Waals surface area (Å²) in [6.45, 7) is 2.78. The van der Waals surface area contributed by atoms with Gasteiger partial charge in [-0.05, 0) is 68.7 Å². The van der Waals surface area contributed by atoms with Crippen LogP contribution in [0.25, 0.3) is 11.7 Å². The van der Waals surface area contributed by atoms with Gasteiger partial charge >= 0.3 is 6.18 Å². The van der Waals surface area contributed by atoms with Crippen LogP contribution in [0.4, 0.5) is 22.0 Å². The second-order valence-electron chi connectivity index (χ2n) is 9.26. The van der Waals surface area contributed by atoms with E-state index in [9.17, 15) is 26.7 Å². The van der Waals surface area contributed by atoms with E-state index in [4.69, 9.17) is 9.57 Å². The average Bonchev–Trinajstić information content (AvgIpc) is 3.17. The van der Waals surface area contributed by atoms with Crippen molar-refractivity contribution in [2.45, 2.75) is 70.1 Å². The van der Waals surface area contributed by atoms with Crippen LogP contribution in [0.2, 0.25) is 0 Å². The molecule has 3 heterocycles. The van der Waals surface area contributed by atoms with Gasteiger partial charge in [-0.3, -0.25) is 9.63 Å². The molecular weight excluding hydrogens is 473 g/mol. The molecule has 192 valence electrons. The van der Waals surface area contributed by atoms with E-state index < -0.39 is 23.7 Å². The van der Waals surface area contributed by atoms with Gasteiger partial charge < -0.3 is 9.14 Å². The van der Waals surface area contributed by atoms with Gasteiger partial charge in [0.25, 0.3) is 5.91 Å². The summed E-state index contributed by atoms with van der Waals surface area (Å²) in [5.41, 5.74) is 2.43. The van der Waals surface area contributed by atoms with Gasteiger partial charge in [0, 0.05) is 37.8 Å². The zero-order valence-corrected chi connectivity index (χ0v) is 19.3. The van der Waals surface area contributed by atoms with Crippen molar-refractivity contribution in [3.05, 3.63) is 40.9 Å². The molecule has 0 atom stereocenters. The van der Waals surface area contributed by atoms with Crippen molar-refractivity contribution in [3.8, 4) is 0 Å². The van der Waals surface area contributed by atoms with Crippen molar-refractivity contribution in [1.29, 1.82) is 0 Å². The Labute approximate surface area is 199 Å². The predicted molar refractivity (Wildman–Crippen MR) is 118 cm³/mol. The molecule has 1 aliphatic carbocycles. The molecule has 2 aromatic rings. The zero-order chi connectivity index (χ0) is 25.2. The van der Waals surface area contributed by atoms with Crippen LogP contribution in [-0.2, 0) is 27.0 Å². The smallest absolute Gasteiger partial charge is 0.381 e. The number of pyridine rings is 1. The van der Waals surface area contributed by atoms with E-state index in [2.05, 4.69) is 10.5 Å². The highest BCUT2D eigenvalue weighted by Crippen LogP contribution is 2.40. The molecule has 1 saturated carbocycles. The predicted octanol–water partition coefficient (Wildman–Crippen LogP) is 5.27. The number of fused-ring (bicyclic) bond motifs is 1. The molecule has 0 aromatic carbocycles. The third kappa shape index (κ3) is 6.38. The first-order valence-corrected chi connectivity index (χ1v) is 11.7. The lowest BCUT2D eigenvalue weighted by molar-refractivity contribution is -0.141. The molecule has 6 nitrogen and oxygen atoms in total. The van der Waals surface area contributed by atoms with Crippen molar-refractivity contribution in [2.75, 3.05) is 13.2 Å². The Bertz CT molecular complexity index is 1080. The number of imidazole rings is 1. The van der Waals surface area contributed by atoms with Gasteiger partial charge in [-0.1, -0.05) is 0 Å². The van der Waals surface area contributed by atoms with E-state index in [1.54, 1.807) is 13.0 Å². The zero-order valence-electron chi connectivity index (χ0n) is 19.3. The fourth-order valence-electron chi connectivity index (χ4n) is 4.69. The number of aromatic nitrogens is 2. The van der Waals surface area contributed by atoms with Crippen LogP contribution >= 0.6 is 0 Å². The number of halogens is 5. The average molecular weight is 501 g/mol. The number of amides is 1. The molecule has 2 aliphatic rings. The molecular formula is C24H28F5N3O3. The molecule has 0 spiro atoms. The lowest BCUT2D eigenvalue weighted by Crippen LogP contribution is -2.32. The highest BCUT2D eigenvalue weighted by atomic mass is 19.4.